The minimum absolute atomic E-state index is 0.446. The maximum atomic E-state index is 5.80. The molecule has 0 amide bonds. The van der Waals surface area contributed by atoms with Crippen LogP contribution in [-0.2, 0) is 0 Å². The van der Waals surface area contributed by atoms with Gasteiger partial charge in [-0.3, -0.25) is 9.55 Å². The Kier molecular flexibility index (Phi) is 3.12. The SMILES string of the molecule is c1cncc(-c2nnc(Sc3nc4ccccc4o3)n2C2CC2)c1. The number of benzene rings is 1. The molecule has 3 heterocycles. The molecule has 24 heavy (non-hydrogen) atoms. The van der Waals surface area contributed by atoms with Crippen molar-refractivity contribution < 1.29 is 4.42 Å². The summed E-state index contributed by atoms with van der Waals surface area (Å²) in [6.45, 7) is 0. The summed E-state index contributed by atoms with van der Waals surface area (Å²) in [6, 6.07) is 12.1. The average Bonchev–Trinajstić information content (AvgIpc) is 3.24. The standard InChI is InChI=1S/C17H13N5OS/c1-2-6-14-13(5-1)19-17(23-14)24-16-21-20-15(22(16)12-7-8-12)11-4-3-9-18-10-11/h1-6,9-10,12H,7-8H2. The van der Waals surface area contributed by atoms with E-state index in [9.17, 15) is 0 Å². The second-order valence-corrected chi connectivity index (χ2v) is 6.62. The van der Waals surface area contributed by atoms with Crippen LogP contribution in [0.2, 0.25) is 0 Å². The number of nitrogens with zero attached hydrogens (tertiary/aromatic N) is 5. The average molecular weight is 335 g/mol. The monoisotopic (exact) mass is 335 g/mol. The van der Waals surface area contributed by atoms with Gasteiger partial charge in [0.25, 0.3) is 5.22 Å². The van der Waals surface area contributed by atoms with Crippen molar-refractivity contribution in [3.05, 3.63) is 48.8 Å². The van der Waals surface area contributed by atoms with Crippen LogP contribution in [-0.4, -0.2) is 24.7 Å². The molecule has 0 atom stereocenters. The third-order valence-corrected chi connectivity index (χ3v) is 4.76. The van der Waals surface area contributed by atoms with Crippen LogP contribution >= 0.6 is 11.8 Å². The van der Waals surface area contributed by atoms with Gasteiger partial charge in [0, 0.05) is 35.8 Å². The molecule has 118 valence electrons. The van der Waals surface area contributed by atoms with Gasteiger partial charge in [-0.25, -0.2) is 4.98 Å². The summed E-state index contributed by atoms with van der Waals surface area (Å²) in [5, 5.41) is 10.1. The Hall–Kier alpha value is -2.67. The van der Waals surface area contributed by atoms with E-state index in [-0.39, 0.29) is 0 Å². The molecule has 0 N–H and O–H groups in total. The summed E-state index contributed by atoms with van der Waals surface area (Å²) in [7, 11) is 0. The van der Waals surface area contributed by atoms with Crippen molar-refractivity contribution in [3.8, 4) is 11.4 Å². The van der Waals surface area contributed by atoms with Crippen LogP contribution < -0.4 is 0 Å². The highest BCUT2D eigenvalue weighted by atomic mass is 32.2. The second-order valence-electron chi connectivity index (χ2n) is 5.70. The number of aromatic nitrogens is 5. The molecule has 0 radical (unpaired) electrons. The van der Waals surface area contributed by atoms with Crippen LogP contribution in [0.3, 0.4) is 0 Å². The predicted molar refractivity (Wildman–Crippen MR) is 89.7 cm³/mol. The smallest absolute Gasteiger partial charge is 0.264 e. The molecule has 6 nitrogen and oxygen atoms in total. The van der Waals surface area contributed by atoms with E-state index in [0.717, 1.165) is 40.5 Å². The lowest BCUT2D eigenvalue weighted by Crippen LogP contribution is -1.99. The Labute approximate surface area is 141 Å². The summed E-state index contributed by atoms with van der Waals surface area (Å²) >= 11 is 1.41. The molecule has 0 aliphatic heterocycles. The van der Waals surface area contributed by atoms with Gasteiger partial charge in [-0.05, 0) is 37.1 Å². The maximum absolute atomic E-state index is 5.80. The van der Waals surface area contributed by atoms with Gasteiger partial charge in [-0.1, -0.05) is 12.1 Å². The number of para-hydroxylation sites is 2. The molecule has 0 spiro atoms. The molecule has 5 rings (SSSR count). The highest BCUT2D eigenvalue weighted by Crippen LogP contribution is 2.42. The molecule has 1 aliphatic rings. The van der Waals surface area contributed by atoms with E-state index in [1.165, 1.54) is 11.8 Å². The number of hydrogen-bond acceptors (Lipinski definition) is 6. The first-order chi connectivity index (χ1) is 11.9. The van der Waals surface area contributed by atoms with Gasteiger partial charge in [0.05, 0.1) is 0 Å². The molecule has 0 saturated heterocycles. The number of oxazole rings is 1. The van der Waals surface area contributed by atoms with E-state index in [1.54, 1.807) is 6.20 Å². The van der Waals surface area contributed by atoms with Crippen molar-refractivity contribution in [2.45, 2.75) is 29.3 Å². The van der Waals surface area contributed by atoms with Crippen LogP contribution in [0, 0.1) is 0 Å². The van der Waals surface area contributed by atoms with E-state index >= 15 is 0 Å². The minimum Gasteiger partial charge on any atom is -0.431 e. The lowest BCUT2D eigenvalue weighted by atomic mass is 10.3. The van der Waals surface area contributed by atoms with Crippen LogP contribution in [0.15, 0.2) is 63.6 Å². The molecule has 1 saturated carbocycles. The van der Waals surface area contributed by atoms with Crippen molar-refractivity contribution in [3.63, 3.8) is 0 Å². The van der Waals surface area contributed by atoms with E-state index < -0.39 is 0 Å². The number of pyridine rings is 1. The minimum atomic E-state index is 0.446. The fourth-order valence-electron chi connectivity index (χ4n) is 2.67. The summed E-state index contributed by atoms with van der Waals surface area (Å²) < 4.78 is 7.98. The van der Waals surface area contributed by atoms with Gasteiger partial charge in [0.1, 0.15) is 5.52 Å². The van der Waals surface area contributed by atoms with E-state index in [0.29, 0.717) is 11.3 Å². The lowest BCUT2D eigenvalue weighted by molar-refractivity contribution is 0.487. The Bertz CT molecular complexity index is 973. The zero-order valence-electron chi connectivity index (χ0n) is 12.7. The first kappa shape index (κ1) is 13.7. The molecule has 3 aromatic heterocycles. The highest BCUT2D eigenvalue weighted by Gasteiger charge is 2.31. The molecule has 0 bridgehead atoms. The molecular weight excluding hydrogens is 322 g/mol. The van der Waals surface area contributed by atoms with Crippen LogP contribution in [0.4, 0.5) is 0 Å². The fraction of sp³-hybridized carbons (Fsp3) is 0.176. The highest BCUT2D eigenvalue weighted by molar-refractivity contribution is 7.99. The van der Waals surface area contributed by atoms with Gasteiger partial charge in [0.15, 0.2) is 11.4 Å². The zero-order chi connectivity index (χ0) is 15.9. The van der Waals surface area contributed by atoms with Crippen molar-refractivity contribution in [1.82, 2.24) is 24.7 Å². The van der Waals surface area contributed by atoms with Crippen LogP contribution in [0.5, 0.6) is 0 Å². The third-order valence-electron chi connectivity index (χ3n) is 3.95. The van der Waals surface area contributed by atoms with Gasteiger partial charge in [0.2, 0.25) is 5.16 Å². The molecule has 1 fully saturated rings. The number of rotatable bonds is 4. The Morgan fingerprint density at radius 2 is 2.00 bits per heavy atom. The Morgan fingerprint density at radius 1 is 1.08 bits per heavy atom. The maximum Gasteiger partial charge on any atom is 0.264 e. The molecule has 1 aliphatic carbocycles. The van der Waals surface area contributed by atoms with Crippen LogP contribution in [0.25, 0.3) is 22.5 Å². The Morgan fingerprint density at radius 3 is 2.79 bits per heavy atom. The molecule has 0 unspecified atom stereocenters. The topological polar surface area (TPSA) is 69.6 Å². The van der Waals surface area contributed by atoms with Gasteiger partial charge >= 0.3 is 0 Å². The van der Waals surface area contributed by atoms with E-state index in [4.69, 9.17) is 4.42 Å². The predicted octanol–water partition coefficient (Wildman–Crippen LogP) is 3.97. The first-order valence-corrected chi connectivity index (χ1v) is 8.59. The Balaban J connectivity index is 1.55. The van der Waals surface area contributed by atoms with E-state index in [2.05, 4.69) is 24.7 Å². The second kappa shape index (κ2) is 5.45. The van der Waals surface area contributed by atoms with Gasteiger partial charge in [-0.15, -0.1) is 10.2 Å². The summed E-state index contributed by atoms with van der Waals surface area (Å²) in [4.78, 5) is 8.70. The summed E-state index contributed by atoms with van der Waals surface area (Å²) in [5.41, 5.74) is 2.61. The number of hydrogen-bond donors (Lipinski definition) is 0. The van der Waals surface area contributed by atoms with Crippen molar-refractivity contribution in [1.29, 1.82) is 0 Å². The largest absolute Gasteiger partial charge is 0.431 e. The molecule has 1 aromatic carbocycles. The quantitative estimate of drug-likeness (QED) is 0.562. The van der Waals surface area contributed by atoms with E-state index in [1.807, 2.05) is 42.6 Å². The third kappa shape index (κ3) is 2.37. The zero-order valence-corrected chi connectivity index (χ0v) is 13.5. The summed E-state index contributed by atoms with van der Waals surface area (Å²) in [5.74, 6) is 0.851. The van der Waals surface area contributed by atoms with Crippen LogP contribution in [0.1, 0.15) is 18.9 Å². The molecule has 4 aromatic rings. The van der Waals surface area contributed by atoms with Crippen molar-refractivity contribution in [2.24, 2.45) is 0 Å². The number of fused-ring (bicyclic) bond motifs is 1. The normalized spacial score (nSPS) is 14.3. The van der Waals surface area contributed by atoms with Crippen molar-refractivity contribution >= 4 is 22.9 Å². The lowest BCUT2D eigenvalue weighted by Gasteiger charge is -2.07. The molecule has 7 heteroatoms. The molecular formula is C17H13N5OS. The van der Waals surface area contributed by atoms with Crippen molar-refractivity contribution in [2.75, 3.05) is 0 Å². The van der Waals surface area contributed by atoms with Gasteiger partial charge < -0.3 is 4.42 Å². The summed E-state index contributed by atoms with van der Waals surface area (Å²) in [6.07, 6.45) is 5.87. The fourth-order valence-corrected chi connectivity index (χ4v) is 3.52. The first-order valence-electron chi connectivity index (χ1n) is 7.77. The van der Waals surface area contributed by atoms with Gasteiger partial charge in [-0.2, -0.15) is 0 Å².